The van der Waals surface area contributed by atoms with Crippen LogP contribution in [0.1, 0.15) is 107 Å². The van der Waals surface area contributed by atoms with Crippen LogP contribution in [0, 0.1) is 29.0 Å². The van der Waals surface area contributed by atoms with Crippen LogP contribution in [-0.4, -0.2) is 96.9 Å². The number of amides is 1. The molecule has 14 heteroatoms. The first-order valence-corrected chi connectivity index (χ1v) is 25.0. The average Bonchev–Trinajstić information content (AvgIpc) is 3.36. The maximum absolute atomic E-state index is 18.0. The van der Waals surface area contributed by atoms with Gasteiger partial charge >= 0.3 is 12.1 Å². The van der Waals surface area contributed by atoms with Crippen molar-refractivity contribution in [3.63, 3.8) is 0 Å². The van der Waals surface area contributed by atoms with Gasteiger partial charge in [0.1, 0.15) is 43.1 Å². The molecule has 0 saturated carbocycles. The second-order valence-corrected chi connectivity index (χ2v) is 25.1. The van der Waals surface area contributed by atoms with Crippen molar-refractivity contribution in [2.45, 2.75) is 130 Å². The molecule has 346 valence electrons. The zero-order valence-corrected chi connectivity index (χ0v) is 41.0. The van der Waals surface area contributed by atoms with Gasteiger partial charge in [-0.05, 0) is 106 Å². The van der Waals surface area contributed by atoms with E-state index in [-0.39, 0.29) is 64.4 Å². The van der Waals surface area contributed by atoms with Crippen molar-refractivity contribution < 1.29 is 32.5 Å². The van der Waals surface area contributed by atoms with Crippen LogP contribution in [-0.2, 0) is 9.47 Å². The van der Waals surface area contributed by atoms with E-state index in [1.54, 1.807) is 23.2 Å². The summed E-state index contributed by atoms with van der Waals surface area (Å²) in [6, 6.07) is 6.41. The number of nitrogens with zero attached hydrogens (tertiary/aromatic N) is 6. The molecular formula is C50H68F2N6O5Si. The molecule has 2 aliphatic rings. The van der Waals surface area contributed by atoms with Gasteiger partial charge in [-0.1, -0.05) is 66.5 Å². The number of rotatable bonds is 13. The molecule has 4 aromatic rings. The highest BCUT2D eigenvalue weighted by atomic mass is 28.3. The summed E-state index contributed by atoms with van der Waals surface area (Å²) in [7, 11) is -0.815. The number of likely N-dealkylation sites (tertiary alicyclic amines) is 1. The van der Waals surface area contributed by atoms with Crippen LogP contribution in [0.3, 0.4) is 0 Å². The van der Waals surface area contributed by atoms with E-state index in [9.17, 15) is 4.79 Å². The first-order valence-electron chi connectivity index (χ1n) is 22.8. The number of carbonyl (C=O) groups excluding carboxylic acids is 1. The number of fused-ring (bicyclic) bond motifs is 2. The highest BCUT2D eigenvalue weighted by Crippen LogP contribution is 2.43. The molecule has 4 heterocycles. The number of carbonyl (C=O) groups is 1. The maximum atomic E-state index is 18.0. The monoisotopic (exact) mass is 898 g/mol. The summed E-state index contributed by atoms with van der Waals surface area (Å²) in [6.45, 7) is 29.5. The number of halogens is 2. The SMILES string of the molecule is C=CCN1CCC(C)C1(C)COc1nc(N2CCCCCN2C(=O)OC(C)(C)C)c2cnc(-c3cc(OCOC)cc4ccc(F)c(C#C[Si](C(C)C)(C(C)C)C(C)C)c34)c(F)c2n1. The predicted octanol–water partition coefficient (Wildman–Crippen LogP) is 11.5. The van der Waals surface area contributed by atoms with Crippen molar-refractivity contribution in [3.8, 4) is 34.5 Å². The molecule has 1 amide bonds. The van der Waals surface area contributed by atoms with Gasteiger partial charge < -0.3 is 18.9 Å². The molecule has 0 N–H and O–H groups in total. The number of hydrazine groups is 1. The fourth-order valence-electron chi connectivity index (χ4n) is 9.80. The summed E-state index contributed by atoms with van der Waals surface area (Å²) in [5.74, 6) is 2.96. The molecule has 2 unspecified atom stereocenters. The van der Waals surface area contributed by atoms with Gasteiger partial charge in [0.2, 0.25) is 0 Å². The summed E-state index contributed by atoms with van der Waals surface area (Å²) >= 11 is 0. The second kappa shape index (κ2) is 19.7. The van der Waals surface area contributed by atoms with Crippen molar-refractivity contribution >= 4 is 41.7 Å². The van der Waals surface area contributed by atoms with Crippen LogP contribution in [0.2, 0.25) is 16.6 Å². The van der Waals surface area contributed by atoms with Gasteiger partial charge in [-0.25, -0.2) is 18.6 Å². The molecule has 2 aromatic carbocycles. The van der Waals surface area contributed by atoms with Crippen LogP contribution in [0.15, 0.2) is 43.1 Å². The standard InChI is InChI=1S/C50H68F2N6O5Si/c1-14-22-56-25-20-35(8)50(56,12)30-61-47-54-45-40(46(55-47)57-23-16-15-17-24-58(57)48(59)63-49(9,10)11)29-53-44(43(45)52)39-28-37(62-31-60-13)27-36-18-19-41(51)38(42(36)39)21-26-64(32(2)3,33(4)5)34(6)7/h14,18-19,27-29,32-35H,1,15-17,20,22-25,30-31H2,2-13H3. The van der Waals surface area contributed by atoms with E-state index in [1.807, 2.05) is 26.8 Å². The fraction of sp³-hybridized carbons (Fsp3) is 0.560. The van der Waals surface area contributed by atoms with Crippen molar-refractivity contribution in [1.29, 1.82) is 0 Å². The Kier molecular flexibility index (Phi) is 15.0. The molecule has 0 bridgehead atoms. The molecule has 11 nitrogen and oxygen atoms in total. The Morgan fingerprint density at radius 1 is 1.02 bits per heavy atom. The Balaban J connectivity index is 1.62. The van der Waals surface area contributed by atoms with Gasteiger partial charge in [0.25, 0.3) is 0 Å². The summed E-state index contributed by atoms with van der Waals surface area (Å²) in [4.78, 5) is 30.7. The Morgan fingerprint density at radius 3 is 2.38 bits per heavy atom. The second-order valence-electron chi connectivity index (χ2n) is 19.6. The lowest BCUT2D eigenvalue weighted by Crippen LogP contribution is -2.50. The Hall–Kier alpha value is -4.84. The predicted molar refractivity (Wildman–Crippen MR) is 254 cm³/mol. The lowest BCUT2D eigenvalue weighted by Gasteiger charge is -2.38. The minimum atomic E-state index is -2.33. The molecule has 2 atom stereocenters. The Bertz CT molecular complexity index is 2390. The molecule has 64 heavy (non-hydrogen) atoms. The number of hydrogen-bond acceptors (Lipinski definition) is 10. The smallest absolute Gasteiger partial charge is 0.429 e. The summed E-state index contributed by atoms with van der Waals surface area (Å²) in [5.41, 5.74) is 3.72. The minimum Gasteiger partial charge on any atom is -0.468 e. The number of benzene rings is 2. The molecule has 0 aliphatic carbocycles. The normalized spacial score (nSPS) is 18.8. The van der Waals surface area contributed by atoms with E-state index < -0.39 is 31.4 Å². The third-order valence-corrected chi connectivity index (χ3v) is 19.7. The summed E-state index contributed by atoms with van der Waals surface area (Å²) in [5, 5.41) is 4.54. The molecule has 0 radical (unpaired) electrons. The van der Waals surface area contributed by atoms with Crippen molar-refractivity contribution in [1.82, 2.24) is 24.9 Å². The van der Waals surface area contributed by atoms with E-state index in [0.717, 1.165) is 32.2 Å². The number of methoxy groups -OCH3 is 1. The molecule has 2 aromatic heterocycles. The number of aromatic nitrogens is 3. The number of pyridine rings is 1. The van der Waals surface area contributed by atoms with Crippen LogP contribution < -0.4 is 14.5 Å². The zero-order valence-electron chi connectivity index (χ0n) is 40.0. The Morgan fingerprint density at radius 2 is 1.72 bits per heavy atom. The topological polar surface area (TPSA) is 102 Å². The van der Waals surface area contributed by atoms with Crippen LogP contribution in [0.5, 0.6) is 11.8 Å². The Labute approximate surface area is 379 Å². The van der Waals surface area contributed by atoms with E-state index >= 15 is 8.78 Å². The van der Waals surface area contributed by atoms with Crippen molar-refractivity contribution in [2.75, 3.05) is 51.7 Å². The van der Waals surface area contributed by atoms with Crippen LogP contribution in [0.4, 0.5) is 19.4 Å². The fourth-order valence-corrected chi connectivity index (χ4v) is 15.0. The summed E-state index contributed by atoms with van der Waals surface area (Å²) in [6.07, 6.45) is 6.17. The molecular weight excluding hydrogens is 831 g/mol. The molecule has 2 saturated heterocycles. The van der Waals surface area contributed by atoms with Gasteiger partial charge in [0, 0.05) is 43.9 Å². The van der Waals surface area contributed by atoms with Gasteiger partial charge in [-0.3, -0.25) is 14.9 Å². The van der Waals surface area contributed by atoms with Crippen LogP contribution in [0.25, 0.3) is 32.9 Å². The van der Waals surface area contributed by atoms with Gasteiger partial charge in [0.05, 0.1) is 16.5 Å². The minimum absolute atomic E-state index is 0.0530. The van der Waals surface area contributed by atoms with E-state index in [2.05, 4.69) is 78.3 Å². The molecule has 0 spiro atoms. The van der Waals surface area contributed by atoms with Gasteiger partial charge in [-0.2, -0.15) is 9.97 Å². The number of anilines is 1. The third kappa shape index (κ3) is 9.72. The van der Waals surface area contributed by atoms with E-state index in [4.69, 9.17) is 33.9 Å². The lowest BCUT2D eigenvalue weighted by atomic mass is 9.89. The maximum Gasteiger partial charge on any atom is 0.429 e. The highest BCUT2D eigenvalue weighted by Gasteiger charge is 2.44. The first-order chi connectivity index (χ1) is 30.3. The van der Waals surface area contributed by atoms with Crippen LogP contribution >= 0.6 is 0 Å². The largest absolute Gasteiger partial charge is 0.468 e. The summed E-state index contributed by atoms with van der Waals surface area (Å²) < 4.78 is 58.0. The first kappa shape index (κ1) is 48.6. The number of hydrogen-bond donors (Lipinski definition) is 0. The van der Waals surface area contributed by atoms with Gasteiger partial charge in [-0.15, -0.1) is 12.1 Å². The molecule has 2 aliphatic heterocycles. The third-order valence-electron chi connectivity index (χ3n) is 13.4. The number of ether oxygens (including phenoxy) is 4. The molecule has 2 fully saturated rings. The molecule has 6 rings (SSSR count). The van der Waals surface area contributed by atoms with Crippen molar-refractivity contribution in [2.24, 2.45) is 5.92 Å². The average molecular weight is 899 g/mol. The zero-order chi connectivity index (χ0) is 46.7. The van der Waals surface area contributed by atoms with Crippen molar-refractivity contribution in [3.05, 3.63) is 60.3 Å². The van der Waals surface area contributed by atoms with E-state index in [0.29, 0.717) is 52.8 Å². The lowest BCUT2D eigenvalue weighted by molar-refractivity contribution is 0.0231. The van der Waals surface area contributed by atoms with E-state index in [1.165, 1.54) is 24.4 Å². The highest BCUT2D eigenvalue weighted by molar-refractivity contribution is 6.90. The van der Waals surface area contributed by atoms with Gasteiger partial charge in [0.15, 0.2) is 18.4 Å². The quantitative estimate of drug-likeness (QED) is 0.0558.